The Bertz CT molecular complexity index is 2190. The van der Waals surface area contributed by atoms with Crippen molar-refractivity contribution in [2.45, 2.75) is 71.4 Å². The third kappa shape index (κ3) is 11.6. The van der Waals surface area contributed by atoms with Crippen LogP contribution in [0.5, 0.6) is 0 Å². The lowest BCUT2D eigenvalue weighted by Gasteiger charge is -2.37. The van der Waals surface area contributed by atoms with E-state index in [4.69, 9.17) is 27.1 Å². The second-order valence-corrected chi connectivity index (χ2v) is 21.1. The zero-order chi connectivity index (χ0) is 44.9. The highest BCUT2D eigenvalue weighted by Crippen LogP contribution is 2.54. The molecule has 0 spiro atoms. The van der Waals surface area contributed by atoms with E-state index in [1.807, 2.05) is 102 Å². The molecule has 6 rings (SSSR count). The van der Waals surface area contributed by atoms with Crippen LogP contribution >= 0.6 is 22.8 Å². The zero-order valence-electron chi connectivity index (χ0n) is 37.2. The van der Waals surface area contributed by atoms with Crippen LogP contribution in [0.25, 0.3) is 0 Å². The number of benzene rings is 4. The van der Waals surface area contributed by atoms with Crippen LogP contribution in [-0.4, -0.2) is 49.6 Å². The minimum Gasteiger partial charge on any atom is -0.364 e. The Labute approximate surface area is 372 Å². The van der Waals surface area contributed by atoms with E-state index in [0.717, 1.165) is 55.9 Å². The van der Waals surface area contributed by atoms with Gasteiger partial charge in [0.05, 0.1) is 69.5 Å². The van der Waals surface area contributed by atoms with Gasteiger partial charge >= 0.3 is 22.8 Å². The largest absolute Gasteiger partial charge is 0.364 e. The Morgan fingerprint density at radius 3 is 0.921 bits per heavy atom. The van der Waals surface area contributed by atoms with Gasteiger partial charge in [0.1, 0.15) is 0 Å². The van der Waals surface area contributed by atoms with Gasteiger partial charge in [0.25, 0.3) is 0 Å². The van der Waals surface area contributed by atoms with Crippen molar-refractivity contribution < 1.29 is 40.8 Å². The molecule has 0 atom stereocenters. The Kier molecular flexibility index (Phi) is 17.0. The van der Waals surface area contributed by atoms with Crippen molar-refractivity contribution in [1.82, 2.24) is 9.97 Å². The molecule has 0 saturated heterocycles. The van der Waals surface area contributed by atoms with Crippen molar-refractivity contribution in [2.24, 2.45) is 0 Å². The van der Waals surface area contributed by atoms with E-state index in [1.54, 1.807) is 0 Å². The van der Waals surface area contributed by atoms with Gasteiger partial charge in [-0.1, -0.05) is 97.1 Å². The number of aromatic amines is 2. The summed E-state index contributed by atoms with van der Waals surface area (Å²) in [4.78, 5) is 6.85. The molecule has 6 aromatic rings. The summed E-state index contributed by atoms with van der Waals surface area (Å²) in [5.41, 5.74) is 8.50. The molecule has 2 N–H and O–H groups in total. The SMILES string of the molecule is CCOP(=O)(Cc1ccc(C(c2ccc(CP(=O)(OCC)OCC)cc2)(c2ccc(CP(=O)(OCC)OCC)cc2)c2ccc(C(c3ccc[nH]3)c3ccc[nH]3)cc2)cc1)OCC. The Morgan fingerprint density at radius 1 is 0.413 bits per heavy atom. The average Bonchev–Trinajstić information content (AvgIpc) is 4.00. The van der Waals surface area contributed by atoms with E-state index in [1.165, 1.54) is 0 Å². The van der Waals surface area contributed by atoms with Crippen molar-refractivity contribution in [3.05, 3.63) is 190 Å². The summed E-state index contributed by atoms with van der Waals surface area (Å²) in [6.07, 6.45) is 4.24. The van der Waals surface area contributed by atoms with Gasteiger partial charge in [-0.05, 0) is 110 Å². The van der Waals surface area contributed by atoms with Gasteiger partial charge in [0, 0.05) is 23.8 Å². The summed E-state index contributed by atoms with van der Waals surface area (Å²) in [6.45, 7) is 12.5. The van der Waals surface area contributed by atoms with Crippen molar-refractivity contribution in [3.63, 3.8) is 0 Å². The molecule has 0 aliphatic heterocycles. The highest BCUT2D eigenvalue weighted by atomic mass is 31.2. The Morgan fingerprint density at radius 2 is 0.683 bits per heavy atom. The van der Waals surface area contributed by atoms with Gasteiger partial charge in [-0.3, -0.25) is 13.7 Å². The number of nitrogens with one attached hydrogen (secondary N) is 2. The second kappa shape index (κ2) is 22.2. The molecule has 0 unspecified atom stereocenters. The normalized spacial score (nSPS) is 12.6. The van der Waals surface area contributed by atoms with Gasteiger partial charge in [-0.2, -0.15) is 0 Å². The summed E-state index contributed by atoms with van der Waals surface area (Å²) in [7, 11) is -10.2. The molecule has 14 heteroatoms. The first-order valence-corrected chi connectivity index (χ1v) is 27.0. The second-order valence-electron chi connectivity index (χ2n) is 15.0. The van der Waals surface area contributed by atoms with Crippen LogP contribution in [0, 0.1) is 0 Å². The molecule has 336 valence electrons. The van der Waals surface area contributed by atoms with Crippen molar-refractivity contribution in [3.8, 4) is 0 Å². The highest BCUT2D eigenvalue weighted by molar-refractivity contribution is 7.53. The molecule has 0 radical (unpaired) electrons. The molecular weight excluding hydrogens is 853 g/mol. The smallest absolute Gasteiger partial charge is 0.335 e. The molecule has 0 saturated carbocycles. The van der Waals surface area contributed by atoms with Crippen LogP contribution in [0.2, 0.25) is 0 Å². The van der Waals surface area contributed by atoms with E-state index in [9.17, 15) is 13.7 Å². The van der Waals surface area contributed by atoms with Crippen molar-refractivity contribution in [1.29, 1.82) is 0 Å². The minimum absolute atomic E-state index is 0.0691. The van der Waals surface area contributed by atoms with Gasteiger partial charge < -0.3 is 37.1 Å². The molecule has 2 aromatic heterocycles. The maximum Gasteiger partial charge on any atom is 0.335 e. The van der Waals surface area contributed by atoms with E-state index in [-0.39, 0.29) is 64.0 Å². The molecule has 0 amide bonds. The maximum absolute atomic E-state index is 13.7. The number of rotatable bonds is 25. The fourth-order valence-electron chi connectivity index (χ4n) is 8.32. The monoisotopic (exact) mass is 914 g/mol. The quantitative estimate of drug-likeness (QED) is 0.0424. The summed E-state index contributed by atoms with van der Waals surface area (Å²) in [5.74, 6) is -0.0691. The molecular formula is C49H61N2O9P3. The van der Waals surface area contributed by atoms with Crippen LogP contribution < -0.4 is 0 Å². The third-order valence-corrected chi connectivity index (χ3v) is 17.0. The molecule has 0 bridgehead atoms. The van der Waals surface area contributed by atoms with Crippen LogP contribution in [-0.2, 0) is 64.7 Å². The molecule has 2 heterocycles. The first-order chi connectivity index (χ1) is 30.5. The fourth-order valence-corrected chi connectivity index (χ4v) is 13.4. The predicted octanol–water partition coefficient (Wildman–Crippen LogP) is 13.2. The van der Waals surface area contributed by atoms with Crippen LogP contribution in [0.15, 0.2) is 134 Å². The predicted molar refractivity (Wildman–Crippen MR) is 251 cm³/mol. The number of hydrogen-bond acceptors (Lipinski definition) is 9. The number of hydrogen-bond donors (Lipinski definition) is 2. The van der Waals surface area contributed by atoms with Gasteiger partial charge in [0.2, 0.25) is 0 Å². The average molecular weight is 915 g/mol. The summed E-state index contributed by atoms with van der Waals surface area (Å²) < 4.78 is 75.1. The summed E-state index contributed by atoms with van der Waals surface area (Å²) in [6, 6.07) is 41.3. The van der Waals surface area contributed by atoms with Gasteiger partial charge in [0.15, 0.2) is 0 Å². The lowest BCUT2D eigenvalue weighted by molar-refractivity contribution is 0.218. The standard InChI is InChI=1S/C49H61N2O9P3/c1-7-55-61(52,56-8-2)35-38-17-25-42(26-18-38)49(43-27-19-39(20-28-43)36-62(53,57-9-3)58-10-4,44-29-21-40(22-30-44)37-63(54,59-11-5)60-12-6)45-31-23-41(24-32-45)48(46-15-13-33-50-46)47-16-14-34-51-47/h13-34,48,50-51H,7-12,35-37H2,1-6H3. The lowest BCUT2D eigenvalue weighted by atomic mass is 9.64. The zero-order valence-corrected chi connectivity index (χ0v) is 39.8. The van der Waals surface area contributed by atoms with Crippen LogP contribution in [0.3, 0.4) is 0 Å². The summed E-state index contributed by atoms with van der Waals surface area (Å²) >= 11 is 0. The third-order valence-electron chi connectivity index (χ3n) is 10.8. The Hall–Kier alpha value is -4.11. The van der Waals surface area contributed by atoms with Gasteiger partial charge in [-0.25, -0.2) is 0 Å². The lowest BCUT2D eigenvalue weighted by Crippen LogP contribution is -2.31. The van der Waals surface area contributed by atoms with Gasteiger partial charge in [-0.15, -0.1) is 0 Å². The summed E-state index contributed by atoms with van der Waals surface area (Å²) in [5, 5.41) is 0. The van der Waals surface area contributed by atoms with E-state index in [0.29, 0.717) is 0 Å². The molecule has 0 aliphatic rings. The topological polar surface area (TPSA) is 138 Å². The number of H-pyrrole nitrogens is 2. The van der Waals surface area contributed by atoms with E-state index in [2.05, 4.69) is 82.8 Å². The molecule has 0 aliphatic carbocycles. The van der Waals surface area contributed by atoms with E-state index < -0.39 is 28.2 Å². The van der Waals surface area contributed by atoms with Crippen LogP contribution in [0.4, 0.5) is 0 Å². The van der Waals surface area contributed by atoms with Crippen molar-refractivity contribution in [2.75, 3.05) is 39.6 Å². The maximum atomic E-state index is 13.7. The molecule has 63 heavy (non-hydrogen) atoms. The first kappa shape index (κ1) is 48.3. The van der Waals surface area contributed by atoms with E-state index >= 15 is 0 Å². The van der Waals surface area contributed by atoms with Crippen molar-refractivity contribution >= 4 is 22.8 Å². The molecule has 11 nitrogen and oxygen atoms in total. The number of aromatic nitrogens is 2. The molecule has 0 fully saturated rings. The minimum atomic E-state index is -3.39. The first-order valence-electron chi connectivity index (χ1n) is 21.8. The van der Waals surface area contributed by atoms with Crippen LogP contribution in [0.1, 0.15) is 103 Å². The molecule has 4 aromatic carbocycles. The highest BCUT2D eigenvalue weighted by Gasteiger charge is 2.40. The Balaban J connectivity index is 1.56. The fraction of sp³-hybridized carbons (Fsp3) is 0.347.